The summed E-state index contributed by atoms with van der Waals surface area (Å²) >= 11 is 0. The van der Waals surface area contributed by atoms with Crippen LogP contribution in [0.2, 0.25) is 0 Å². The number of benzene rings is 1. The van der Waals surface area contributed by atoms with Crippen LogP contribution in [0.15, 0.2) is 36.7 Å². The number of hydrogen-bond donors (Lipinski definition) is 2. The van der Waals surface area contributed by atoms with E-state index >= 15 is 0 Å². The topological polar surface area (TPSA) is 90.1 Å². The van der Waals surface area contributed by atoms with E-state index in [0.717, 1.165) is 11.4 Å². The van der Waals surface area contributed by atoms with E-state index in [-0.39, 0.29) is 0 Å². The molecule has 3 N–H and O–H groups in total. The van der Waals surface area contributed by atoms with Crippen LogP contribution in [0.1, 0.15) is 18.3 Å². The number of hydrogen-bond acceptors (Lipinski definition) is 5. The van der Waals surface area contributed by atoms with Gasteiger partial charge in [-0.05, 0) is 38.1 Å². The molecule has 6 nitrogen and oxygen atoms in total. The van der Waals surface area contributed by atoms with Gasteiger partial charge >= 0.3 is 0 Å². The summed E-state index contributed by atoms with van der Waals surface area (Å²) in [6.07, 6.45) is 3.12. The predicted octanol–water partition coefficient (Wildman–Crippen LogP) is 1.61. The monoisotopic (exact) mass is 286 g/mol. The second-order valence-corrected chi connectivity index (χ2v) is 4.83. The molecule has 0 aliphatic rings. The first-order valence-corrected chi connectivity index (χ1v) is 6.47. The Labute approximate surface area is 123 Å². The fourth-order valence-corrected chi connectivity index (χ4v) is 2.10. The lowest BCUT2D eigenvalue weighted by Crippen LogP contribution is -2.46. The minimum Gasteiger partial charge on any atom is -0.497 e. The van der Waals surface area contributed by atoms with E-state index in [9.17, 15) is 4.79 Å². The summed E-state index contributed by atoms with van der Waals surface area (Å²) in [4.78, 5) is 20.4. The Morgan fingerprint density at radius 2 is 1.86 bits per heavy atom. The molecule has 110 valence electrons. The van der Waals surface area contributed by atoms with Crippen LogP contribution in [0.4, 0.5) is 5.69 Å². The molecule has 6 heteroatoms. The van der Waals surface area contributed by atoms with Crippen molar-refractivity contribution in [2.45, 2.75) is 19.4 Å². The number of rotatable bonds is 5. The minimum atomic E-state index is -1.15. The number of methoxy groups -OCH3 is 1. The molecule has 0 saturated heterocycles. The van der Waals surface area contributed by atoms with Gasteiger partial charge in [0, 0.05) is 18.1 Å². The molecule has 0 fully saturated rings. The van der Waals surface area contributed by atoms with Crippen molar-refractivity contribution in [3.63, 3.8) is 0 Å². The molecule has 0 radical (unpaired) electrons. The van der Waals surface area contributed by atoms with Crippen LogP contribution < -0.4 is 15.8 Å². The highest BCUT2D eigenvalue weighted by atomic mass is 16.5. The van der Waals surface area contributed by atoms with E-state index in [1.54, 1.807) is 45.5 Å². The largest absolute Gasteiger partial charge is 0.497 e. The molecular formula is C15H18N4O2. The van der Waals surface area contributed by atoms with Crippen LogP contribution in [-0.4, -0.2) is 23.0 Å². The Morgan fingerprint density at radius 3 is 2.38 bits per heavy atom. The SMILES string of the molecule is COc1ccc(NC(C)(C(N)=O)c2nccnc2C)cc1. The van der Waals surface area contributed by atoms with E-state index in [1.165, 1.54) is 0 Å². The third kappa shape index (κ3) is 2.94. The number of nitrogens with two attached hydrogens (primary N) is 1. The van der Waals surface area contributed by atoms with Gasteiger partial charge in [-0.15, -0.1) is 0 Å². The summed E-state index contributed by atoms with van der Waals surface area (Å²) in [6, 6.07) is 7.22. The number of primary amides is 1. The number of anilines is 1. The van der Waals surface area contributed by atoms with Crippen LogP contribution in [0, 0.1) is 6.92 Å². The molecule has 1 aromatic carbocycles. The molecule has 1 heterocycles. The van der Waals surface area contributed by atoms with Gasteiger partial charge in [0.15, 0.2) is 5.54 Å². The van der Waals surface area contributed by atoms with Gasteiger partial charge in [-0.25, -0.2) is 0 Å². The quantitative estimate of drug-likeness (QED) is 0.871. The normalized spacial score (nSPS) is 13.3. The van der Waals surface area contributed by atoms with E-state index in [1.807, 2.05) is 12.1 Å². The number of nitrogens with one attached hydrogen (secondary N) is 1. The molecule has 2 aromatic rings. The first-order valence-electron chi connectivity index (χ1n) is 6.47. The summed E-state index contributed by atoms with van der Waals surface area (Å²) in [5, 5.41) is 3.13. The van der Waals surface area contributed by atoms with Crippen molar-refractivity contribution in [3.05, 3.63) is 48.0 Å². The van der Waals surface area contributed by atoms with Gasteiger partial charge in [0.1, 0.15) is 5.75 Å². The summed E-state index contributed by atoms with van der Waals surface area (Å²) in [5.74, 6) is 0.207. The number of aromatic nitrogens is 2. The molecule has 0 saturated carbocycles. The molecule has 2 rings (SSSR count). The first kappa shape index (κ1) is 14.8. The number of ether oxygens (including phenoxy) is 1. The average molecular weight is 286 g/mol. The molecular weight excluding hydrogens is 268 g/mol. The van der Waals surface area contributed by atoms with E-state index < -0.39 is 11.4 Å². The second kappa shape index (κ2) is 5.78. The zero-order valence-corrected chi connectivity index (χ0v) is 12.3. The maximum Gasteiger partial charge on any atom is 0.249 e. The average Bonchev–Trinajstić information content (AvgIpc) is 2.48. The predicted molar refractivity (Wildman–Crippen MR) is 79.9 cm³/mol. The molecule has 1 unspecified atom stereocenters. The summed E-state index contributed by atoms with van der Waals surface area (Å²) < 4.78 is 5.11. The molecule has 0 spiro atoms. The van der Waals surface area contributed by atoms with Crippen molar-refractivity contribution in [3.8, 4) is 5.75 Å². The summed E-state index contributed by atoms with van der Waals surface area (Å²) in [6.45, 7) is 3.48. The third-order valence-corrected chi connectivity index (χ3v) is 3.33. The zero-order chi connectivity index (χ0) is 15.5. The standard InChI is InChI=1S/C15H18N4O2/c1-10-13(18-9-8-17-10)15(2,14(16)20)19-11-4-6-12(21-3)7-5-11/h4-9,19H,1-3H3,(H2,16,20). The maximum atomic E-state index is 12.0. The number of carbonyl (C=O) groups excluding carboxylic acids is 1. The minimum absolute atomic E-state index is 0.508. The number of amides is 1. The van der Waals surface area contributed by atoms with Crippen LogP contribution in [0.5, 0.6) is 5.75 Å². The molecule has 21 heavy (non-hydrogen) atoms. The Hall–Kier alpha value is -2.63. The fraction of sp³-hybridized carbons (Fsp3) is 0.267. The van der Waals surface area contributed by atoms with Crippen molar-refractivity contribution in [1.29, 1.82) is 0 Å². The van der Waals surface area contributed by atoms with E-state index in [0.29, 0.717) is 11.4 Å². The molecule has 1 amide bonds. The first-order chi connectivity index (χ1) is 9.97. The highest BCUT2D eigenvalue weighted by Gasteiger charge is 2.36. The molecule has 1 atom stereocenters. The van der Waals surface area contributed by atoms with Gasteiger partial charge < -0.3 is 15.8 Å². The van der Waals surface area contributed by atoms with Crippen LogP contribution in [-0.2, 0) is 10.3 Å². The number of aryl methyl sites for hydroxylation is 1. The molecule has 0 aliphatic heterocycles. The Morgan fingerprint density at radius 1 is 1.24 bits per heavy atom. The molecule has 1 aromatic heterocycles. The third-order valence-electron chi connectivity index (χ3n) is 3.33. The summed E-state index contributed by atoms with van der Waals surface area (Å²) in [7, 11) is 1.60. The summed E-state index contributed by atoms with van der Waals surface area (Å²) in [5.41, 5.74) is 6.33. The number of nitrogens with zero attached hydrogens (tertiary/aromatic N) is 2. The van der Waals surface area contributed by atoms with Crippen LogP contribution in [0.25, 0.3) is 0 Å². The highest BCUT2D eigenvalue weighted by Crippen LogP contribution is 2.27. The lowest BCUT2D eigenvalue weighted by atomic mass is 9.94. The van der Waals surface area contributed by atoms with Crippen molar-refractivity contribution in [2.75, 3.05) is 12.4 Å². The zero-order valence-electron chi connectivity index (χ0n) is 12.3. The Kier molecular flexibility index (Phi) is 4.07. The molecule has 0 bridgehead atoms. The lowest BCUT2D eigenvalue weighted by molar-refractivity contribution is -0.122. The van der Waals surface area contributed by atoms with Gasteiger partial charge in [0.05, 0.1) is 18.5 Å². The maximum absolute atomic E-state index is 12.0. The number of carbonyl (C=O) groups is 1. The van der Waals surface area contributed by atoms with Crippen molar-refractivity contribution >= 4 is 11.6 Å². The lowest BCUT2D eigenvalue weighted by Gasteiger charge is -2.28. The van der Waals surface area contributed by atoms with E-state index in [4.69, 9.17) is 10.5 Å². The van der Waals surface area contributed by atoms with Crippen molar-refractivity contribution in [2.24, 2.45) is 5.73 Å². The van der Waals surface area contributed by atoms with Gasteiger partial charge in [-0.2, -0.15) is 0 Å². The second-order valence-electron chi connectivity index (χ2n) is 4.83. The van der Waals surface area contributed by atoms with Gasteiger partial charge in [0.25, 0.3) is 0 Å². The van der Waals surface area contributed by atoms with Crippen molar-refractivity contribution in [1.82, 2.24) is 9.97 Å². The van der Waals surface area contributed by atoms with E-state index in [2.05, 4.69) is 15.3 Å². The molecule has 0 aliphatic carbocycles. The van der Waals surface area contributed by atoms with Gasteiger partial charge in [-0.1, -0.05) is 0 Å². The van der Waals surface area contributed by atoms with Gasteiger partial charge in [-0.3, -0.25) is 14.8 Å². The smallest absolute Gasteiger partial charge is 0.249 e. The Bertz CT molecular complexity index is 642. The van der Waals surface area contributed by atoms with Crippen LogP contribution >= 0.6 is 0 Å². The van der Waals surface area contributed by atoms with Crippen molar-refractivity contribution < 1.29 is 9.53 Å². The highest BCUT2D eigenvalue weighted by molar-refractivity contribution is 5.88. The van der Waals surface area contributed by atoms with Gasteiger partial charge in [0.2, 0.25) is 5.91 Å². The fourth-order valence-electron chi connectivity index (χ4n) is 2.10. The Balaban J connectivity index is 2.38. The van der Waals surface area contributed by atoms with Crippen LogP contribution in [0.3, 0.4) is 0 Å².